The largest absolute Gasteiger partial charge is 0.369 e. The van der Waals surface area contributed by atoms with Gasteiger partial charge in [0.1, 0.15) is 5.52 Å². The molecule has 0 saturated heterocycles. The van der Waals surface area contributed by atoms with Gasteiger partial charge in [0.05, 0.1) is 5.69 Å². The van der Waals surface area contributed by atoms with Crippen molar-refractivity contribution in [1.29, 1.82) is 0 Å². The Morgan fingerprint density at radius 2 is 1.94 bits per heavy atom. The van der Waals surface area contributed by atoms with Crippen LogP contribution in [0.25, 0.3) is 11.2 Å². The molecule has 2 aromatic rings. The Kier molecular flexibility index (Phi) is 3.56. The van der Waals surface area contributed by atoms with Crippen molar-refractivity contribution in [2.45, 2.75) is 27.3 Å². The maximum Gasteiger partial charge on any atom is 0.202 e. The second kappa shape index (κ2) is 4.97. The van der Waals surface area contributed by atoms with E-state index < -0.39 is 0 Å². The van der Waals surface area contributed by atoms with Crippen LogP contribution >= 0.6 is 0 Å². The molecule has 0 unspecified atom stereocenters. The molecule has 2 rings (SSSR count). The molecule has 0 aliphatic heterocycles. The number of nitrogen functional groups attached to an aromatic ring is 1. The fourth-order valence-electron chi connectivity index (χ4n) is 2.35. The summed E-state index contributed by atoms with van der Waals surface area (Å²) in [6.07, 6.45) is 0. The van der Waals surface area contributed by atoms with E-state index in [9.17, 15) is 0 Å². The van der Waals surface area contributed by atoms with Crippen LogP contribution in [0.3, 0.4) is 0 Å². The third kappa shape index (κ3) is 2.08. The Morgan fingerprint density at radius 3 is 2.56 bits per heavy atom. The van der Waals surface area contributed by atoms with Crippen molar-refractivity contribution in [2.24, 2.45) is 7.05 Å². The average Bonchev–Trinajstić information content (AvgIpc) is 2.80. The van der Waals surface area contributed by atoms with Gasteiger partial charge < -0.3 is 10.6 Å². The number of aryl methyl sites for hydroxylation is 2. The molecule has 0 fully saturated rings. The highest BCUT2D eigenvalue weighted by Crippen LogP contribution is 2.19. The minimum Gasteiger partial charge on any atom is -0.369 e. The van der Waals surface area contributed by atoms with E-state index in [1.165, 1.54) is 0 Å². The number of nitrogens with zero attached hydrogens (tertiary/aromatic N) is 5. The monoisotopic (exact) mass is 250 g/mol. The van der Waals surface area contributed by atoms with Crippen molar-refractivity contribution in [1.82, 2.24) is 24.2 Å². The summed E-state index contributed by atoms with van der Waals surface area (Å²) in [5.74, 6) is 0.577. The van der Waals surface area contributed by atoms with Crippen LogP contribution in [0.1, 0.15) is 19.5 Å². The first-order valence-corrected chi connectivity index (χ1v) is 6.46. The molecule has 0 spiro atoms. The molecular weight excluding hydrogens is 228 g/mol. The normalized spacial score (nSPS) is 11.8. The van der Waals surface area contributed by atoms with Gasteiger partial charge in [-0.1, -0.05) is 13.8 Å². The van der Waals surface area contributed by atoms with E-state index in [4.69, 9.17) is 5.73 Å². The lowest BCUT2D eigenvalue weighted by atomic mass is 10.4. The predicted molar refractivity (Wildman–Crippen MR) is 73.4 cm³/mol. The van der Waals surface area contributed by atoms with Gasteiger partial charge in [-0.05, 0) is 20.0 Å². The van der Waals surface area contributed by atoms with Crippen LogP contribution in [0.4, 0.5) is 5.95 Å². The minimum atomic E-state index is 0.577. The number of hydrogen-bond acceptors (Lipinski definition) is 4. The molecule has 6 heteroatoms. The van der Waals surface area contributed by atoms with Crippen LogP contribution in [0.5, 0.6) is 0 Å². The number of imidazole rings is 1. The van der Waals surface area contributed by atoms with E-state index in [0.29, 0.717) is 5.95 Å². The third-order valence-corrected chi connectivity index (χ3v) is 3.45. The smallest absolute Gasteiger partial charge is 0.202 e. The molecule has 2 aromatic heterocycles. The van der Waals surface area contributed by atoms with Crippen LogP contribution in [0.15, 0.2) is 0 Å². The van der Waals surface area contributed by atoms with Crippen LogP contribution in [0.2, 0.25) is 0 Å². The van der Waals surface area contributed by atoms with Gasteiger partial charge in [0.25, 0.3) is 0 Å². The molecular formula is C12H22N6. The summed E-state index contributed by atoms with van der Waals surface area (Å²) in [4.78, 5) is 6.77. The second-order valence-corrected chi connectivity index (χ2v) is 4.53. The van der Waals surface area contributed by atoms with Crippen molar-refractivity contribution in [2.75, 3.05) is 25.4 Å². The van der Waals surface area contributed by atoms with Crippen LogP contribution in [0, 0.1) is 6.92 Å². The van der Waals surface area contributed by atoms with Crippen molar-refractivity contribution in [3.63, 3.8) is 0 Å². The molecule has 0 aliphatic carbocycles. The number of rotatable bonds is 5. The number of anilines is 1. The van der Waals surface area contributed by atoms with E-state index >= 15 is 0 Å². The van der Waals surface area contributed by atoms with Gasteiger partial charge in [0.2, 0.25) is 5.95 Å². The zero-order valence-electron chi connectivity index (χ0n) is 11.6. The van der Waals surface area contributed by atoms with Gasteiger partial charge in [-0.3, -0.25) is 9.25 Å². The zero-order valence-corrected chi connectivity index (χ0v) is 11.6. The van der Waals surface area contributed by atoms with Gasteiger partial charge in [0.15, 0.2) is 5.65 Å². The van der Waals surface area contributed by atoms with Gasteiger partial charge in [-0.15, -0.1) is 0 Å². The summed E-state index contributed by atoms with van der Waals surface area (Å²) in [6, 6.07) is 0. The Labute approximate surface area is 107 Å². The zero-order chi connectivity index (χ0) is 13.3. The first kappa shape index (κ1) is 12.9. The van der Waals surface area contributed by atoms with Gasteiger partial charge in [-0.2, -0.15) is 5.10 Å². The second-order valence-electron chi connectivity index (χ2n) is 4.53. The van der Waals surface area contributed by atoms with Crippen LogP contribution in [-0.2, 0) is 13.6 Å². The number of aromatic nitrogens is 4. The van der Waals surface area contributed by atoms with Gasteiger partial charge in [0, 0.05) is 20.1 Å². The maximum atomic E-state index is 6.00. The van der Waals surface area contributed by atoms with Gasteiger partial charge >= 0.3 is 0 Å². The summed E-state index contributed by atoms with van der Waals surface area (Å²) >= 11 is 0. The number of nitrogens with two attached hydrogens (primary N) is 1. The first-order valence-electron chi connectivity index (χ1n) is 6.46. The molecule has 2 N–H and O–H groups in total. The molecule has 0 aromatic carbocycles. The molecule has 2 heterocycles. The molecule has 0 radical (unpaired) electrons. The maximum absolute atomic E-state index is 6.00. The number of hydrogen-bond donors (Lipinski definition) is 1. The van der Waals surface area contributed by atoms with E-state index in [-0.39, 0.29) is 0 Å². The SMILES string of the molecule is CCN(CC)CCn1c(N)nc2c(C)nn(C)c21. The highest BCUT2D eigenvalue weighted by atomic mass is 15.3. The lowest BCUT2D eigenvalue weighted by molar-refractivity contribution is 0.292. The van der Waals surface area contributed by atoms with E-state index in [2.05, 4.69) is 28.8 Å². The summed E-state index contributed by atoms with van der Waals surface area (Å²) in [7, 11) is 1.93. The standard InChI is InChI=1S/C12H22N6/c1-5-17(6-2)7-8-18-11-10(14-12(18)13)9(3)15-16(11)4/h5-8H2,1-4H3,(H2,13,14). The third-order valence-electron chi connectivity index (χ3n) is 3.45. The van der Waals surface area contributed by atoms with Crippen molar-refractivity contribution in [3.05, 3.63) is 5.69 Å². The molecule has 0 atom stereocenters. The lowest BCUT2D eigenvalue weighted by Gasteiger charge is -2.18. The van der Waals surface area contributed by atoms with Crippen molar-refractivity contribution >= 4 is 17.1 Å². The molecule has 0 saturated carbocycles. The van der Waals surface area contributed by atoms with Crippen molar-refractivity contribution in [3.8, 4) is 0 Å². The number of fused-ring (bicyclic) bond motifs is 1. The fraction of sp³-hybridized carbons (Fsp3) is 0.667. The Balaban J connectivity index is 2.30. The Morgan fingerprint density at radius 1 is 1.28 bits per heavy atom. The van der Waals surface area contributed by atoms with E-state index in [1.807, 2.05) is 23.2 Å². The molecule has 0 aliphatic rings. The average molecular weight is 250 g/mol. The molecule has 100 valence electrons. The highest BCUT2D eigenvalue weighted by Gasteiger charge is 2.15. The predicted octanol–water partition coefficient (Wildman–Crippen LogP) is 1.00. The fourth-order valence-corrected chi connectivity index (χ4v) is 2.35. The highest BCUT2D eigenvalue weighted by molar-refractivity contribution is 5.77. The molecule has 18 heavy (non-hydrogen) atoms. The van der Waals surface area contributed by atoms with E-state index in [0.717, 1.165) is 43.0 Å². The van der Waals surface area contributed by atoms with Crippen LogP contribution in [-0.4, -0.2) is 43.9 Å². The lowest BCUT2D eigenvalue weighted by Crippen LogP contribution is -2.27. The molecule has 0 bridgehead atoms. The molecule has 6 nitrogen and oxygen atoms in total. The molecule has 0 amide bonds. The summed E-state index contributed by atoms with van der Waals surface area (Å²) in [5, 5.41) is 4.38. The Bertz CT molecular complexity index is 534. The summed E-state index contributed by atoms with van der Waals surface area (Å²) in [5.41, 5.74) is 8.85. The van der Waals surface area contributed by atoms with Crippen LogP contribution < -0.4 is 5.73 Å². The summed E-state index contributed by atoms with van der Waals surface area (Å²) in [6.45, 7) is 10.2. The van der Waals surface area contributed by atoms with E-state index in [1.54, 1.807) is 0 Å². The minimum absolute atomic E-state index is 0.577. The number of likely N-dealkylation sites (N-methyl/N-ethyl adjacent to an activating group) is 1. The topological polar surface area (TPSA) is 64.9 Å². The Hall–Kier alpha value is -1.56. The quantitative estimate of drug-likeness (QED) is 0.860. The van der Waals surface area contributed by atoms with Crippen molar-refractivity contribution < 1.29 is 0 Å². The van der Waals surface area contributed by atoms with Gasteiger partial charge in [-0.25, -0.2) is 4.98 Å². The first-order chi connectivity index (χ1) is 8.58. The summed E-state index contributed by atoms with van der Waals surface area (Å²) < 4.78 is 3.91.